The predicted molar refractivity (Wildman–Crippen MR) is 75.5 cm³/mol. The van der Waals surface area contributed by atoms with Crippen molar-refractivity contribution in [1.29, 1.82) is 0 Å². The highest BCUT2D eigenvalue weighted by Crippen LogP contribution is 2.28. The summed E-state index contributed by atoms with van der Waals surface area (Å²) in [6.45, 7) is 2.24. The first-order valence-corrected chi connectivity index (χ1v) is 7.48. The Morgan fingerprint density at radius 3 is 2.89 bits per heavy atom. The molecule has 2 heteroatoms. The van der Waals surface area contributed by atoms with E-state index in [1.807, 2.05) is 0 Å². The van der Waals surface area contributed by atoms with Gasteiger partial charge < -0.3 is 10.6 Å². The summed E-state index contributed by atoms with van der Waals surface area (Å²) in [6.07, 6.45) is 8.18. The van der Waals surface area contributed by atoms with Crippen molar-refractivity contribution in [2.45, 2.75) is 57.2 Å². The molecule has 1 fully saturated rings. The van der Waals surface area contributed by atoms with Gasteiger partial charge in [-0.2, -0.15) is 0 Å². The van der Waals surface area contributed by atoms with Crippen molar-refractivity contribution in [2.24, 2.45) is 0 Å². The van der Waals surface area contributed by atoms with E-state index in [1.54, 1.807) is 0 Å². The fourth-order valence-corrected chi connectivity index (χ4v) is 3.38. The normalized spacial score (nSPS) is 23.4. The average molecular weight is 244 g/mol. The summed E-state index contributed by atoms with van der Waals surface area (Å²) in [5.41, 5.74) is 3.02. The van der Waals surface area contributed by atoms with Gasteiger partial charge in [-0.05, 0) is 43.4 Å². The fraction of sp³-hybridized carbons (Fsp3) is 0.625. The van der Waals surface area contributed by atoms with Crippen molar-refractivity contribution in [3.8, 4) is 0 Å². The van der Waals surface area contributed by atoms with E-state index >= 15 is 0 Å². The van der Waals surface area contributed by atoms with Crippen molar-refractivity contribution in [3.05, 3.63) is 35.4 Å². The molecule has 18 heavy (non-hydrogen) atoms. The summed E-state index contributed by atoms with van der Waals surface area (Å²) >= 11 is 0. The van der Waals surface area contributed by atoms with Crippen molar-refractivity contribution in [2.75, 3.05) is 6.54 Å². The Labute approximate surface area is 110 Å². The molecule has 0 amide bonds. The number of fused-ring (bicyclic) bond motifs is 1. The van der Waals surface area contributed by atoms with Gasteiger partial charge >= 0.3 is 0 Å². The molecule has 1 aliphatic carbocycles. The second-order valence-electron chi connectivity index (χ2n) is 5.71. The molecule has 98 valence electrons. The van der Waals surface area contributed by atoms with E-state index < -0.39 is 0 Å². The molecule has 1 saturated carbocycles. The molecule has 1 unspecified atom stereocenters. The van der Waals surface area contributed by atoms with Gasteiger partial charge in [-0.3, -0.25) is 0 Å². The second-order valence-corrected chi connectivity index (χ2v) is 5.71. The molecule has 2 nitrogen and oxygen atoms in total. The van der Waals surface area contributed by atoms with E-state index in [9.17, 15) is 0 Å². The number of hydrogen-bond donors (Lipinski definition) is 2. The Balaban J connectivity index is 1.41. The third kappa shape index (κ3) is 2.76. The van der Waals surface area contributed by atoms with Crippen LogP contribution in [0, 0.1) is 0 Å². The van der Waals surface area contributed by atoms with Gasteiger partial charge in [-0.15, -0.1) is 0 Å². The maximum atomic E-state index is 3.70. The minimum Gasteiger partial charge on any atom is -0.314 e. The molecule has 1 aliphatic heterocycles. The van der Waals surface area contributed by atoms with Crippen molar-refractivity contribution < 1.29 is 0 Å². The van der Waals surface area contributed by atoms with Gasteiger partial charge in [0.25, 0.3) is 0 Å². The maximum Gasteiger partial charge on any atom is 0.0326 e. The highest BCUT2D eigenvalue weighted by molar-refractivity contribution is 5.33. The number of rotatable bonds is 5. The van der Waals surface area contributed by atoms with Crippen molar-refractivity contribution >= 4 is 0 Å². The fourth-order valence-electron chi connectivity index (χ4n) is 3.38. The monoisotopic (exact) mass is 244 g/mol. The van der Waals surface area contributed by atoms with Crippen LogP contribution in [0.1, 0.15) is 55.7 Å². The van der Waals surface area contributed by atoms with E-state index in [1.165, 1.54) is 56.2 Å². The van der Waals surface area contributed by atoms with E-state index in [0.717, 1.165) is 12.6 Å². The Kier molecular flexibility index (Phi) is 3.96. The second kappa shape index (κ2) is 5.85. The molecule has 0 bridgehead atoms. The Bertz CT molecular complexity index is 382. The molecule has 1 atom stereocenters. The number of benzene rings is 1. The van der Waals surface area contributed by atoms with Gasteiger partial charge in [0.2, 0.25) is 0 Å². The number of nitrogens with one attached hydrogen (secondary N) is 2. The summed E-state index contributed by atoms with van der Waals surface area (Å²) in [4.78, 5) is 0. The topological polar surface area (TPSA) is 24.1 Å². The largest absolute Gasteiger partial charge is 0.314 e. The highest BCUT2D eigenvalue weighted by Gasteiger charge is 2.20. The van der Waals surface area contributed by atoms with Crippen LogP contribution in [0.25, 0.3) is 0 Å². The van der Waals surface area contributed by atoms with E-state index in [2.05, 4.69) is 34.9 Å². The highest BCUT2D eigenvalue weighted by atomic mass is 14.9. The van der Waals surface area contributed by atoms with Crippen LogP contribution in [0.15, 0.2) is 24.3 Å². The zero-order valence-corrected chi connectivity index (χ0v) is 11.1. The van der Waals surface area contributed by atoms with Crippen LogP contribution in [0.4, 0.5) is 0 Å². The lowest BCUT2D eigenvalue weighted by atomic mass is 10.0. The van der Waals surface area contributed by atoms with Crippen LogP contribution in [0.5, 0.6) is 0 Å². The van der Waals surface area contributed by atoms with Gasteiger partial charge in [-0.25, -0.2) is 0 Å². The Morgan fingerprint density at radius 2 is 2.00 bits per heavy atom. The predicted octanol–water partition coefficient (Wildman–Crippen LogP) is 3.14. The summed E-state index contributed by atoms with van der Waals surface area (Å²) in [5.74, 6) is 0. The third-order valence-electron chi connectivity index (χ3n) is 4.43. The van der Waals surface area contributed by atoms with Gasteiger partial charge in [0, 0.05) is 18.6 Å². The molecule has 2 N–H and O–H groups in total. The summed E-state index contributed by atoms with van der Waals surface area (Å²) in [5, 5.41) is 7.32. The molecule has 0 radical (unpaired) electrons. The molecular formula is C16H24N2. The van der Waals surface area contributed by atoms with Crippen LogP contribution >= 0.6 is 0 Å². The lowest BCUT2D eigenvalue weighted by Crippen LogP contribution is -2.27. The first kappa shape index (κ1) is 12.2. The molecule has 0 saturated heterocycles. The van der Waals surface area contributed by atoms with Gasteiger partial charge in [0.15, 0.2) is 0 Å². The standard InChI is InChI=1S/C16H24N2/c1-4-9-15-13(6-1)12-18-16(15)10-5-11-17-14-7-2-3-8-14/h1,4,6,9,14,16-18H,2-3,5,7-8,10-12H2. The average Bonchev–Trinajstić information content (AvgIpc) is 3.04. The van der Waals surface area contributed by atoms with Crippen LogP contribution in [0.3, 0.4) is 0 Å². The summed E-state index contributed by atoms with van der Waals surface area (Å²) in [6, 6.07) is 10.2. The third-order valence-corrected chi connectivity index (χ3v) is 4.43. The summed E-state index contributed by atoms with van der Waals surface area (Å²) in [7, 11) is 0. The Hall–Kier alpha value is -0.860. The van der Waals surface area contributed by atoms with Gasteiger partial charge in [0.1, 0.15) is 0 Å². The Morgan fingerprint density at radius 1 is 1.17 bits per heavy atom. The zero-order chi connectivity index (χ0) is 12.2. The molecule has 3 rings (SSSR count). The van der Waals surface area contributed by atoms with Crippen LogP contribution in [-0.4, -0.2) is 12.6 Å². The van der Waals surface area contributed by atoms with E-state index in [-0.39, 0.29) is 0 Å². The molecule has 0 spiro atoms. The van der Waals surface area contributed by atoms with Crippen LogP contribution in [-0.2, 0) is 6.54 Å². The van der Waals surface area contributed by atoms with Gasteiger partial charge in [-0.1, -0.05) is 37.1 Å². The van der Waals surface area contributed by atoms with E-state index in [4.69, 9.17) is 0 Å². The lowest BCUT2D eigenvalue weighted by Gasteiger charge is -2.14. The first-order chi connectivity index (χ1) is 8.93. The van der Waals surface area contributed by atoms with Crippen molar-refractivity contribution in [3.63, 3.8) is 0 Å². The molecule has 0 aromatic heterocycles. The van der Waals surface area contributed by atoms with Gasteiger partial charge in [0.05, 0.1) is 0 Å². The van der Waals surface area contributed by atoms with E-state index in [0.29, 0.717) is 6.04 Å². The smallest absolute Gasteiger partial charge is 0.0326 e. The molecule has 1 heterocycles. The minimum absolute atomic E-state index is 0.589. The molecule has 1 aromatic carbocycles. The molecule has 1 aromatic rings. The lowest BCUT2D eigenvalue weighted by molar-refractivity contribution is 0.469. The molecular weight excluding hydrogens is 220 g/mol. The van der Waals surface area contributed by atoms with Crippen molar-refractivity contribution in [1.82, 2.24) is 10.6 Å². The maximum absolute atomic E-state index is 3.70. The van der Waals surface area contributed by atoms with Crippen LogP contribution in [0.2, 0.25) is 0 Å². The first-order valence-electron chi connectivity index (χ1n) is 7.48. The summed E-state index contributed by atoms with van der Waals surface area (Å²) < 4.78 is 0. The quantitative estimate of drug-likeness (QED) is 0.778. The van der Waals surface area contributed by atoms with Crippen LogP contribution < -0.4 is 10.6 Å². The SMILES string of the molecule is c1ccc2c(c1)CNC2CCCNC1CCCC1. The zero-order valence-electron chi connectivity index (χ0n) is 11.1. The minimum atomic E-state index is 0.589. The molecule has 2 aliphatic rings. The number of hydrogen-bond acceptors (Lipinski definition) is 2.